The predicted molar refractivity (Wildman–Crippen MR) is 165 cm³/mol. The number of carboxylic acid groups (broad SMARTS) is 1. The van der Waals surface area contributed by atoms with Gasteiger partial charge in [0.2, 0.25) is 20.0 Å². The average molecular weight is 633 g/mol. The van der Waals surface area contributed by atoms with Gasteiger partial charge in [-0.05, 0) is 60.4 Å². The van der Waals surface area contributed by atoms with Crippen LogP contribution in [0.2, 0.25) is 0 Å². The molecule has 3 aromatic carbocycles. The Labute approximate surface area is 251 Å². The van der Waals surface area contributed by atoms with Gasteiger partial charge in [0.15, 0.2) is 5.25 Å². The molecule has 6 N–H and O–H groups in total. The number of nitrogens with one attached hydrogen (secondary N) is 3. The molecule has 1 saturated heterocycles. The van der Waals surface area contributed by atoms with Crippen LogP contribution in [0.5, 0.6) is 5.75 Å². The summed E-state index contributed by atoms with van der Waals surface area (Å²) in [5, 5.41) is 31.8. The van der Waals surface area contributed by atoms with Crippen LogP contribution >= 0.6 is 0 Å². The van der Waals surface area contributed by atoms with Crippen molar-refractivity contribution in [3.8, 4) is 5.75 Å². The number of phenols is 1. The fraction of sp³-hybridized carbons (Fsp3) is 0.345. The summed E-state index contributed by atoms with van der Waals surface area (Å²) in [5.41, 5.74) is 2.24. The molecule has 12 nitrogen and oxygen atoms in total. The highest BCUT2D eigenvalue weighted by atomic mass is 32.2. The first-order chi connectivity index (χ1) is 20.3. The number of sulfonamides is 2. The number of aliphatic hydroxyl groups is 1. The van der Waals surface area contributed by atoms with Crippen LogP contribution in [0.15, 0.2) is 72.8 Å². The van der Waals surface area contributed by atoms with Gasteiger partial charge in [-0.25, -0.2) is 16.8 Å². The van der Waals surface area contributed by atoms with Gasteiger partial charge in [0.05, 0.1) is 18.0 Å². The number of phenolic OH excluding ortho intramolecular Hbond substituents is 1. The Morgan fingerprint density at radius 3 is 2.21 bits per heavy atom. The molecule has 43 heavy (non-hydrogen) atoms. The minimum absolute atomic E-state index is 0.0000589. The first kappa shape index (κ1) is 32.1. The van der Waals surface area contributed by atoms with Gasteiger partial charge in [-0.3, -0.25) is 14.2 Å². The zero-order valence-corrected chi connectivity index (χ0v) is 25.2. The lowest BCUT2D eigenvalue weighted by Crippen LogP contribution is -2.43. The molecule has 4 rings (SSSR count). The number of carboxylic acids is 1. The summed E-state index contributed by atoms with van der Waals surface area (Å²) < 4.78 is 53.5. The summed E-state index contributed by atoms with van der Waals surface area (Å²) in [6, 6.07) is 19.8. The maximum absolute atomic E-state index is 12.9. The maximum atomic E-state index is 12.9. The molecule has 0 aliphatic carbocycles. The summed E-state index contributed by atoms with van der Waals surface area (Å²) in [6.07, 6.45) is 1.49. The molecule has 0 amide bonds. The van der Waals surface area contributed by atoms with Crippen molar-refractivity contribution in [2.24, 2.45) is 0 Å². The number of aliphatic carboxylic acids is 1. The lowest BCUT2D eigenvalue weighted by atomic mass is 10.0. The maximum Gasteiger partial charge on any atom is 0.324 e. The van der Waals surface area contributed by atoms with Gasteiger partial charge in [-0.2, -0.15) is 0 Å². The summed E-state index contributed by atoms with van der Waals surface area (Å²) in [5.74, 6) is -1.66. The van der Waals surface area contributed by atoms with Crippen molar-refractivity contribution in [2.45, 2.75) is 36.7 Å². The van der Waals surface area contributed by atoms with Gasteiger partial charge in [0.25, 0.3) is 0 Å². The molecular weight excluding hydrogens is 596 g/mol. The molecule has 1 fully saturated rings. The Morgan fingerprint density at radius 1 is 0.953 bits per heavy atom. The van der Waals surface area contributed by atoms with Crippen LogP contribution in [-0.4, -0.2) is 75.3 Å². The van der Waals surface area contributed by atoms with Crippen LogP contribution in [0.4, 0.5) is 17.1 Å². The number of rotatable bonds is 13. The monoisotopic (exact) mass is 632 g/mol. The van der Waals surface area contributed by atoms with Gasteiger partial charge in [0, 0.05) is 43.5 Å². The van der Waals surface area contributed by atoms with E-state index in [1.54, 1.807) is 54.6 Å². The second-order valence-electron chi connectivity index (χ2n) is 10.5. The van der Waals surface area contributed by atoms with E-state index in [1.165, 1.54) is 18.2 Å². The van der Waals surface area contributed by atoms with E-state index in [4.69, 9.17) is 0 Å². The molecule has 1 aliphatic heterocycles. The van der Waals surface area contributed by atoms with Gasteiger partial charge >= 0.3 is 5.97 Å². The molecule has 0 radical (unpaired) electrons. The van der Waals surface area contributed by atoms with Crippen molar-refractivity contribution in [1.29, 1.82) is 0 Å². The van der Waals surface area contributed by atoms with E-state index in [0.29, 0.717) is 11.1 Å². The third-order valence-corrected chi connectivity index (χ3v) is 9.43. The number of aromatic hydroxyl groups is 1. The fourth-order valence-electron chi connectivity index (χ4n) is 4.91. The van der Waals surface area contributed by atoms with Crippen LogP contribution in [0.25, 0.3) is 0 Å². The highest BCUT2D eigenvalue weighted by Gasteiger charge is 2.33. The van der Waals surface area contributed by atoms with E-state index in [-0.39, 0.29) is 36.1 Å². The lowest BCUT2D eigenvalue weighted by molar-refractivity contribution is -0.136. The summed E-state index contributed by atoms with van der Waals surface area (Å²) in [4.78, 5) is 13.9. The van der Waals surface area contributed by atoms with Crippen LogP contribution in [-0.2, 0) is 31.3 Å². The number of anilines is 3. The minimum Gasteiger partial charge on any atom is -0.506 e. The molecule has 0 bridgehead atoms. The SMILES string of the molecule is CS(=O)(=O)Nc1cc([C@H](O)CNC2CCN(c3ccc(NS(=O)(=O)C(Cc4ccccc4)C(=O)O)cc3)CC2)ccc1O. The minimum atomic E-state index is -4.20. The van der Waals surface area contributed by atoms with Crippen molar-refractivity contribution >= 4 is 43.1 Å². The third-order valence-electron chi connectivity index (χ3n) is 7.20. The van der Waals surface area contributed by atoms with Gasteiger partial charge in [0.1, 0.15) is 5.75 Å². The van der Waals surface area contributed by atoms with Crippen molar-refractivity contribution < 1.29 is 36.9 Å². The normalized spacial score (nSPS) is 15.9. The second-order valence-corrected chi connectivity index (χ2v) is 14.2. The van der Waals surface area contributed by atoms with Crippen molar-refractivity contribution in [3.05, 3.63) is 83.9 Å². The number of nitrogens with zero attached hydrogens (tertiary/aromatic N) is 1. The Kier molecular flexibility index (Phi) is 10.2. The number of benzene rings is 3. The molecular formula is C29H36N4O8S2. The Bertz CT molecular complexity index is 1610. The molecule has 1 aliphatic rings. The molecule has 2 atom stereocenters. The Hall–Kier alpha value is -3.85. The Balaban J connectivity index is 1.28. The highest BCUT2D eigenvalue weighted by molar-refractivity contribution is 7.94. The fourth-order valence-corrected chi connectivity index (χ4v) is 6.76. The molecule has 1 unspecified atom stereocenters. The first-order valence-corrected chi connectivity index (χ1v) is 17.1. The van der Waals surface area contributed by atoms with Crippen LogP contribution < -0.4 is 19.7 Å². The molecule has 3 aromatic rings. The van der Waals surface area contributed by atoms with Crippen LogP contribution in [0.3, 0.4) is 0 Å². The lowest BCUT2D eigenvalue weighted by Gasteiger charge is -2.34. The van der Waals surface area contributed by atoms with Crippen LogP contribution in [0.1, 0.15) is 30.1 Å². The zero-order valence-electron chi connectivity index (χ0n) is 23.5. The first-order valence-electron chi connectivity index (χ1n) is 13.7. The van der Waals surface area contributed by atoms with Crippen molar-refractivity contribution in [3.63, 3.8) is 0 Å². The van der Waals surface area contributed by atoms with Gasteiger partial charge < -0.3 is 25.5 Å². The van der Waals surface area contributed by atoms with Crippen molar-refractivity contribution in [2.75, 3.05) is 40.2 Å². The third kappa shape index (κ3) is 9.07. The van der Waals surface area contributed by atoms with E-state index >= 15 is 0 Å². The van der Waals surface area contributed by atoms with E-state index in [0.717, 1.165) is 37.9 Å². The predicted octanol–water partition coefficient (Wildman–Crippen LogP) is 2.49. The molecule has 0 aromatic heterocycles. The second kappa shape index (κ2) is 13.6. The van der Waals surface area contributed by atoms with E-state index in [2.05, 4.69) is 19.7 Å². The number of piperidine rings is 1. The molecule has 0 saturated carbocycles. The zero-order chi connectivity index (χ0) is 31.2. The molecule has 1 heterocycles. The highest BCUT2D eigenvalue weighted by Crippen LogP contribution is 2.28. The summed E-state index contributed by atoms with van der Waals surface area (Å²) in [6.45, 7) is 1.68. The topological polar surface area (TPSA) is 185 Å². The molecule has 14 heteroatoms. The molecule has 0 spiro atoms. The number of aliphatic hydroxyl groups excluding tert-OH is 1. The number of carbonyl (C=O) groups is 1. The van der Waals surface area contributed by atoms with E-state index in [1.807, 2.05) is 0 Å². The molecule has 232 valence electrons. The van der Waals surface area contributed by atoms with Gasteiger partial charge in [-0.1, -0.05) is 36.4 Å². The van der Waals surface area contributed by atoms with Crippen molar-refractivity contribution in [1.82, 2.24) is 5.32 Å². The van der Waals surface area contributed by atoms with Gasteiger partial charge in [-0.15, -0.1) is 0 Å². The van der Waals surface area contributed by atoms with E-state index < -0.39 is 37.4 Å². The standard InChI is InChI=1S/C29H36N4O8S2/c1-42(38,39)32-25-18-21(7-12-26(25)34)27(35)19-30-22-13-15-33(16-14-22)24-10-8-23(9-11-24)31-43(40,41)28(29(36)37)17-20-5-3-2-4-6-20/h2-12,18,22,27-28,30-32,34-35H,13-17,19H2,1H3,(H,36,37)/t27-,28?/m1/s1. The van der Waals surface area contributed by atoms with E-state index in [9.17, 15) is 36.9 Å². The number of hydrogen-bond donors (Lipinski definition) is 6. The quantitative estimate of drug-likeness (QED) is 0.153. The van der Waals surface area contributed by atoms with Crippen LogP contribution in [0, 0.1) is 0 Å². The summed E-state index contributed by atoms with van der Waals surface area (Å²) in [7, 11) is -7.79. The smallest absolute Gasteiger partial charge is 0.324 e. The Morgan fingerprint density at radius 2 is 1.60 bits per heavy atom. The average Bonchev–Trinajstić information content (AvgIpc) is 2.96. The largest absolute Gasteiger partial charge is 0.506 e. The summed E-state index contributed by atoms with van der Waals surface area (Å²) >= 11 is 0. The number of hydrogen-bond acceptors (Lipinski definition) is 9.